The van der Waals surface area contributed by atoms with Crippen LogP contribution in [0.2, 0.25) is 0 Å². The summed E-state index contributed by atoms with van der Waals surface area (Å²) in [6.45, 7) is 5.33. The Kier molecular flexibility index (Phi) is 3.86. The van der Waals surface area contributed by atoms with Crippen molar-refractivity contribution in [2.45, 2.75) is 32.5 Å². The maximum absolute atomic E-state index is 6.35. The van der Waals surface area contributed by atoms with Crippen molar-refractivity contribution in [1.82, 2.24) is 4.90 Å². The summed E-state index contributed by atoms with van der Waals surface area (Å²) in [4.78, 5) is 2.49. The predicted octanol–water partition coefficient (Wildman–Crippen LogP) is 3.40. The number of hydrogen-bond acceptors (Lipinski definition) is 2. The van der Waals surface area contributed by atoms with E-state index in [-0.39, 0.29) is 6.04 Å². The SMILES string of the molecule is Cc1ccccc1C(N)CCN1Cc2ccccc2C1. The third kappa shape index (κ3) is 2.77. The van der Waals surface area contributed by atoms with Gasteiger partial charge in [-0.15, -0.1) is 0 Å². The summed E-state index contributed by atoms with van der Waals surface area (Å²) in [5.74, 6) is 0. The second-order valence-corrected chi connectivity index (χ2v) is 5.73. The van der Waals surface area contributed by atoms with Crippen LogP contribution in [0.4, 0.5) is 0 Å². The van der Waals surface area contributed by atoms with Crippen LogP contribution in [0.1, 0.15) is 34.7 Å². The maximum Gasteiger partial charge on any atom is 0.0309 e. The molecule has 104 valence electrons. The number of rotatable bonds is 4. The fourth-order valence-electron chi connectivity index (χ4n) is 3.04. The Balaban J connectivity index is 1.58. The van der Waals surface area contributed by atoms with Gasteiger partial charge in [-0.05, 0) is 35.6 Å². The Morgan fingerprint density at radius 2 is 1.60 bits per heavy atom. The molecule has 1 aliphatic heterocycles. The van der Waals surface area contributed by atoms with E-state index in [1.54, 1.807) is 0 Å². The summed E-state index contributed by atoms with van der Waals surface area (Å²) in [5.41, 5.74) is 11.9. The lowest BCUT2D eigenvalue weighted by atomic mass is 9.99. The molecule has 0 radical (unpaired) electrons. The van der Waals surface area contributed by atoms with Crippen LogP contribution in [0.3, 0.4) is 0 Å². The average molecular weight is 266 g/mol. The minimum Gasteiger partial charge on any atom is -0.324 e. The van der Waals surface area contributed by atoms with Crippen LogP contribution in [0.25, 0.3) is 0 Å². The van der Waals surface area contributed by atoms with E-state index in [1.807, 2.05) is 0 Å². The van der Waals surface area contributed by atoms with Crippen molar-refractivity contribution >= 4 is 0 Å². The first-order valence-corrected chi connectivity index (χ1v) is 7.34. The molecule has 3 rings (SSSR count). The van der Waals surface area contributed by atoms with Crippen molar-refractivity contribution in [3.8, 4) is 0 Å². The predicted molar refractivity (Wildman–Crippen MR) is 83.3 cm³/mol. The van der Waals surface area contributed by atoms with Crippen molar-refractivity contribution in [1.29, 1.82) is 0 Å². The van der Waals surface area contributed by atoms with E-state index in [2.05, 4.69) is 60.4 Å². The summed E-state index contributed by atoms with van der Waals surface area (Å²) >= 11 is 0. The molecule has 2 N–H and O–H groups in total. The van der Waals surface area contributed by atoms with Crippen LogP contribution in [0.15, 0.2) is 48.5 Å². The van der Waals surface area contributed by atoms with Gasteiger partial charge in [0.25, 0.3) is 0 Å². The van der Waals surface area contributed by atoms with Crippen molar-refractivity contribution in [2.75, 3.05) is 6.54 Å². The van der Waals surface area contributed by atoms with Crippen molar-refractivity contribution < 1.29 is 0 Å². The molecule has 1 atom stereocenters. The van der Waals surface area contributed by atoms with E-state index in [4.69, 9.17) is 5.73 Å². The van der Waals surface area contributed by atoms with Crippen molar-refractivity contribution in [2.24, 2.45) is 5.73 Å². The number of benzene rings is 2. The third-order valence-corrected chi connectivity index (χ3v) is 4.25. The molecule has 1 aliphatic rings. The Hall–Kier alpha value is -1.64. The lowest BCUT2D eigenvalue weighted by Crippen LogP contribution is -2.23. The van der Waals surface area contributed by atoms with Gasteiger partial charge in [-0.2, -0.15) is 0 Å². The standard InChI is InChI=1S/C18H22N2/c1-14-6-2-5-9-17(14)18(19)10-11-20-12-15-7-3-4-8-16(15)13-20/h2-9,18H,10-13,19H2,1H3. The Labute approximate surface area is 121 Å². The molecule has 0 amide bonds. The molecule has 0 fully saturated rings. The molecule has 20 heavy (non-hydrogen) atoms. The van der Waals surface area contributed by atoms with Gasteiger partial charge in [0.15, 0.2) is 0 Å². The minimum atomic E-state index is 0.139. The van der Waals surface area contributed by atoms with E-state index < -0.39 is 0 Å². The zero-order chi connectivity index (χ0) is 13.9. The van der Waals surface area contributed by atoms with Crippen molar-refractivity contribution in [3.63, 3.8) is 0 Å². The fraction of sp³-hybridized carbons (Fsp3) is 0.333. The first-order chi connectivity index (χ1) is 9.74. The third-order valence-electron chi connectivity index (χ3n) is 4.25. The van der Waals surface area contributed by atoms with Crippen LogP contribution < -0.4 is 5.73 Å². The molecule has 0 saturated carbocycles. The van der Waals surface area contributed by atoms with Gasteiger partial charge in [-0.25, -0.2) is 0 Å². The summed E-state index contributed by atoms with van der Waals surface area (Å²) < 4.78 is 0. The van der Waals surface area contributed by atoms with Crippen LogP contribution in [0.5, 0.6) is 0 Å². The van der Waals surface area contributed by atoms with Crippen molar-refractivity contribution in [3.05, 3.63) is 70.8 Å². The zero-order valence-electron chi connectivity index (χ0n) is 12.0. The van der Waals surface area contributed by atoms with E-state index in [1.165, 1.54) is 22.3 Å². The second-order valence-electron chi connectivity index (χ2n) is 5.73. The molecule has 0 bridgehead atoms. The Morgan fingerprint density at radius 3 is 2.25 bits per heavy atom. The van der Waals surface area contributed by atoms with Gasteiger partial charge in [0.05, 0.1) is 0 Å². The minimum absolute atomic E-state index is 0.139. The summed E-state index contributed by atoms with van der Waals surface area (Å²) in [6, 6.07) is 17.3. The Morgan fingerprint density at radius 1 is 1.00 bits per heavy atom. The molecule has 2 aromatic carbocycles. The molecule has 2 nitrogen and oxygen atoms in total. The molecular weight excluding hydrogens is 244 g/mol. The van der Waals surface area contributed by atoms with Gasteiger partial charge < -0.3 is 5.73 Å². The normalized spacial score (nSPS) is 16.1. The highest BCUT2D eigenvalue weighted by molar-refractivity contribution is 5.30. The molecule has 0 spiro atoms. The van der Waals surface area contributed by atoms with Crippen LogP contribution in [0, 0.1) is 6.92 Å². The topological polar surface area (TPSA) is 29.3 Å². The van der Waals surface area contributed by atoms with E-state index in [0.29, 0.717) is 0 Å². The smallest absolute Gasteiger partial charge is 0.0309 e. The summed E-state index contributed by atoms with van der Waals surface area (Å²) in [6.07, 6.45) is 1.01. The molecule has 0 aliphatic carbocycles. The fourth-order valence-corrected chi connectivity index (χ4v) is 3.04. The number of fused-ring (bicyclic) bond motifs is 1. The highest BCUT2D eigenvalue weighted by Crippen LogP contribution is 2.24. The van der Waals surface area contributed by atoms with Gasteiger partial charge >= 0.3 is 0 Å². The zero-order valence-corrected chi connectivity index (χ0v) is 12.0. The first kappa shape index (κ1) is 13.3. The molecule has 1 unspecified atom stereocenters. The number of aryl methyl sites for hydroxylation is 1. The molecule has 2 heteroatoms. The number of nitrogens with zero attached hydrogens (tertiary/aromatic N) is 1. The van der Waals surface area contributed by atoms with Gasteiger partial charge in [0.1, 0.15) is 0 Å². The molecule has 0 aromatic heterocycles. The van der Waals surface area contributed by atoms with Crippen LogP contribution in [-0.4, -0.2) is 11.4 Å². The quantitative estimate of drug-likeness (QED) is 0.919. The van der Waals surface area contributed by atoms with Gasteiger partial charge in [0, 0.05) is 25.7 Å². The van der Waals surface area contributed by atoms with E-state index >= 15 is 0 Å². The lowest BCUT2D eigenvalue weighted by molar-refractivity contribution is 0.272. The summed E-state index contributed by atoms with van der Waals surface area (Å²) in [5, 5.41) is 0. The van der Waals surface area contributed by atoms with E-state index in [0.717, 1.165) is 26.1 Å². The number of hydrogen-bond donors (Lipinski definition) is 1. The molecular formula is C18H22N2. The number of nitrogens with two attached hydrogens (primary N) is 1. The van der Waals surface area contributed by atoms with Crippen LogP contribution in [-0.2, 0) is 13.1 Å². The molecule has 1 heterocycles. The maximum atomic E-state index is 6.35. The largest absolute Gasteiger partial charge is 0.324 e. The first-order valence-electron chi connectivity index (χ1n) is 7.34. The summed E-state index contributed by atoms with van der Waals surface area (Å²) in [7, 11) is 0. The van der Waals surface area contributed by atoms with Crippen LogP contribution >= 0.6 is 0 Å². The molecule has 2 aromatic rings. The molecule has 0 saturated heterocycles. The van der Waals surface area contributed by atoms with Gasteiger partial charge in [-0.3, -0.25) is 4.90 Å². The van der Waals surface area contributed by atoms with Gasteiger partial charge in [-0.1, -0.05) is 48.5 Å². The highest BCUT2D eigenvalue weighted by atomic mass is 15.1. The Bertz CT molecular complexity index is 566. The second kappa shape index (κ2) is 5.78. The average Bonchev–Trinajstić information content (AvgIpc) is 2.88. The van der Waals surface area contributed by atoms with E-state index in [9.17, 15) is 0 Å². The lowest BCUT2D eigenvalue weighted by Gasteiger charge is -2.19. The van der Waals surface area contributed by atoms with Gasteiger partial charge in [0.2, 0.25) is 0 Å². The monoisotopic (exact) mass is 266 g/mol. The highest BCUT2D eigenvalue weighted by Gasteiger charge is 2.19.